The van der Waals surface area contributed by atoms with Gasteiger partial charge in [0, 0.05) is 18.8 Å². The molecule has 0 spiro atoms. The van der Waals surface area contributed by atoms with Crippen LogP contribution < -0.4 is 5.32 Å². The van der Waals surface area contributed by atoms with Crippen molar-refractivity contribution in [2.24, 2.45) is 0 Å². The number of rotatable bonds is 5. The highest BCUT2D eigenvalue weighted by molar-refractivity contribution is 6.30. The molecule has 19 heavy (non-hydrogen) atoms. The number of nitrogens with zero attached hydrogens (tertiary/aromatic N) is 3. The molecule has 2 aromatic rings. The Labute approximate surface area is 115 Å². The van der Waals surface area contributed by atoms with Crippen LogP contribution in [0.25, 0.3) is 0 Å². The van der Waals surface area contributed by atoms with Crippen molar-refractivity contribution in [3.63, 3.8) is 0 Å². The molecule has 1 aromatic carbocycles. The molecule has 0 atom stereocenters. The first-order valence-electron chi connectivity index (χ1n) is 5.79. The average Bonchev–Trinajstić information content (AvgIpc) is 2.77. The van der Waals surface area contributed by atoms with Crippen LogP contribution in [0.1, 0.15) is 12.5 Å². The Balaban J connectivity index is 2.27. The Bertz CT molecular complexity index is 597. The predicted octanol–water partition coefficient (Wildman–Crippen LogP) is 2.92. The number of aromatic nitrogens is 2. The topological polar surface area (TPSA) is 73.0 Å². The van der Waals surface area contributed by atoms with Gasteiger partial charge in [0.1, 0.15) is 5.69 Å². The van der Waals surface area contributed by atoms with Crippen molar-refractivity contribution >= 4 is 23.0 Å². The molecule has 2 rings (SSSR count). The van der Waals surface area contributed by atoms with E-state index >= 15 is 0 Å². The number of nitrogens with one attached hydrogen (secondary N) is 1. The molecule has 0 saturated heterocycles. The second-order valence-electron chi connectivity index (χ2n) is 4.00. The van der Waals surface area contributed by atoms with E-state index in [2.05, 4.69) is 10.4 Å². The SMILES string of the molecule is CCNc1ccc(Cn2cc(Cl)cn2)cc1[N+](=O)[O-]. The number of halogens is 1. The summed E-state index contributed by atoms with van der Waals surface area (Å²) in [5, 5.41) is 18.6. The molecule has 0 fully saturated rings. The molecule has 1 heterocycles. The number of nitro benzene ring substituents is 1. The highest BCUT2D eigenvalue weighted by Crippen LogP contribution is 2.25. The van der Waals surface area contributed by atoms with Gasteiger partial charge in [0.25, 0.3) is 5.69 Å². The summed E-state index contributed by atoms with van der Waals surface area (Å²) in [5.74, 6) is 0. The van der Waals surface area contributed by atoms with E-state index in [1.165, 1.54) is 6.20 Å². The van der Waals surface area contributed by atoms with Gasteiger partial charge in [-0.1, -0.05) is 17.7 Å². The highest BCUT2D eigenvalue weighted by Gasteiger charge is 2.14. The summed E-state index contributed by atoms with van der Waals surface area (Å²) in [7, 11) is 0. The first kappa shape index (κ1) is 13.4. The predicted molar refractivity (Wildman–Crippen MR) is 73.6 cm³/mol. The Morgan fingerprint density at radius 1 is 1.53 bits per heavy atom. The van der Waals surface area contributed by atoms with Crippen LogP contribution in [0.4, 0.5) is 11.4 Å². The zero-order valence-electron chi connectivity index (χ0n) is 10.3. The highest BCUT2D eigenvalue weighted by atomic mass is 35.5. The first-order chi connectivity index (χ1) is 9.10. The third-order valence-electron chi connectivity index (χ3n) is 2.57. The van der Waals surface area contributed by atoms with Crippen LogP contribution in [0.5, 0.6) is 0 Å². The van der Waals surface area contributed by atoms with Crippen molar-refractivity contribution in [2.45, 2.75) is 13.5 Å². The third-order valence-corrected chi connectivity index (χ3v) is 2.77. The van der Waals surface area contributed by atoms with Crippen LogP contribution in [-0.2, 0) is 6.54 Å². The van der Waals surface area contributed by atoms with Crippen LogP contribution >= 0.6 is 11.6 Å². The van der Waals surface area contributed by atoms with E-state index < -0.39 is 4.92 Å². The van der Waals surface area contributed by atoms with Crippen molar-refractivity contribution in [1.29, 1.82) is 0 Å². The molecule has 7 heteroatoms. The summed E-state index contributed by atoms with van der Waals surface area (Å²) in [6, 6.07) is 5.09. The van der Waals surface area contributed by atoms with Crippen molar-refractivity contribution < 1.29 is 4.92 Å². The van der Waals surface area contributed by atoms with E-state index in [9.17, 15) is 10.1 Å². The largest absolute Gasteiger partial charge is 0.380 e. The van der Waals surface area contributed by atoms with Crippen molar-refractivity contribution in [2.75, 3.05) is 11.9 Å². The monoisotopic (exact) mass is 280 g/mol. The third kappa shape index (κ3) is 3.23. The molecule has 0 aliphatic rings. The van der Waals surface area contributed by atoms with Gasteiger partial charge in [-0.3, -0.25) is 14.8 Å². The Kier molecular flexibility index (Phi) is 4.01. The molecule has 0 unspecified atom stereocenters. The maximum Gasteiger partial charge on any atom is 0.292 e. The quantitative estimate of drug-likeness (QED) is 0.675. The van der Waals surface area contributed by atoms with Crippen LogP contribution in [0.2, 0.25) is 5.02 Å². The first-order valence-corrected chi connectivity index (χ1v) is 6.17. The minimum Gasteiger partial charge on any atom is -0.380 e. The second-order valence-corrected chi connectivity index (χ2v) is 4.43. The number of hydrogen-bond acceptors (Lipinski definition) is 4. The lowest BCUT2D eigenvalue weighted by atomic mass is 10.1. The summed E-state index contributed by atoms with van der Waals surface area (Å²) < 4.78 is 1.63. The smallest absolute Gasteiger partial charge is 0.292 e. The van der Waals surface area contributed by atoms with E-state index in [1.807, 2.05) is 13.0 Å². The van der Waals surface area contributed by atoms with E-state index in [1.54, 1.807) is 23.0 Å². The summed E-state index contributed by atoms with van der Waals surface area (Å²) in [6.07, 6.45) is 3.20. The summed E-state index contributed by atoms with van der Waals surface area (Å²) in [5.41, 5.74) is 1.39. The molecular weight excluding hydrogens is 268 g/mol. The minimum absolute atomic E-state index is 0.0672. The fourth-order valence-electron chi connectivity index (χ4n) is 1.78. The van der Waals surface area contributed by atoms with Crippen LogP contribution in [0.3, 0.4) is 0 Å². The number of benzene rings is 1. The van der Waals surface area contributed by atoms with Gasteiger partial charge in [-0.05, 0) is 18.6 Å². The Morgan fingerprint density at radius 3 is 2.89 bits per heavy atom. The van der Waals surface area contributed by atoms with Crippen LogP contribution in [-0.4, -0.2) is 21.2 Å². The van der Waals surface area contributed by atoms with Gasteiger partial charge < -0.3 is 5.32 Å². The molecule has 1 aromatic heterocycles. The average molecular weight is 281 g/mol. The second kappa shape index (κ2) is 5.71. The summed E-state index contributed by atoms with van der Waals surface area (Å²) in [4.78, 5) is 10.6. The lowest BCUT2D eigenvalue weighted by Crippen LogP contribution is -2.04. The van der Waals surface area contributed by atoms with Crippen molar-refractivity contribution in [3.05, 3.63) is 51.3 Å². The molecule has 1 N–H and O–H groups in total. The van der Waals surface area contributed by atoms with Crippen LogP contribution in [0.15, 0.2) is 30.6 Å². The van der Waals surface area contributed by atoms with Crippen molar-refractivity contribution in [3.8, 4) is 0 Å². The van der Waals surface area contributed by atoms with Gasteiger partial charge in [-0.15, -0.1) is 0 Å². The fourth-order valence-corrected chi connectivity index (χ4v) is 1.93. The molecule has 0 amide bonds. The standard InChI is InChI=1S/C12H13ClN4O2/c1-2-14-11-4-3-9(5-12(11)17(18)19)7-16-8-10(13)6-15-16/h3-6,8,14H,2,7H2,1H3. The molecule has 0 aliphatic heterocycles. The molecule has 0 saturated carbocycles. The van der Waals surface area contributed by atoms with E-state index in [4.69, 9.17) is 11.6 Å². The zero-order valence-corrected chi connectivity index (χ0v) is 11.1. The molecule has 0 bridgehead atoms. The van der Waals surface area contributed by atoms with Gasteiger partial charge in [0.2, 0.25) is 0 Å². The van der Waals surface area contributed by atoms with Gasteiger partial charge in [-0.2, -0.15) is 5.10 Å². The zero-order chi connectivity index (χ0) is 13.8. The summed E-state index contributed by atoms with van der Waals surface area (Å²) in [6.45, 7) is 2.97. The van der Waals surface area contributed by atoms with Gasteiger partial charge in [0.15, 0.2) is 0 Å². The lowest BCUT2D eigenvalue weighted by Gasteiger charge is -2.07. The minimum atomic E-state index is -0.391. The van der Waals surface area contributed by atoms with Gasteiger partial charge in [-0.25, -0.2) is 0 Å². The molecule has 6 nitrogen and oxygen atoms in total. The molecule has 100 valence electrons. The maximum atomic E-state index is 11.0. The number of anilines is 1. The van der Waals surface area contributed by atoms with Crippen LogP contribution in [0, 0.1) is 10.1 Å². The van der Waals surface area contributed by atoms with Gasteiger partial charge in [0.05, 0.1) is 22.7 Å². The molecule has 0 aliphatic carbocycles. The molecular formula is C12H13ClN4O2. The van der Waals surface area contributed by atoms with E-state index in [-0.39, 0.29) is 5.69 Å². The van der Waals surface area contributed by atoms with Crippen molar-refractivity contribution in [1.82, 2.24) is 9.78 Å². The Hall–Kier alpha value is -2.08. The van der Waals surface area contributed by atoms with E-state index in [0.717, 1.165) is 5.56 Å². The lowest BCUT2D eigenvalue weighted by molar-refractivity contribution is -0.384. The molecule has 0 radical (unpaired) electrons. The normalized spacial score (nSPS) is 10.4. The Morgan fingerprint density at radius 2 is 2.32 bits per heavy atom. The maximum absolute atomic E-state index is 11.0. The van der Waals surface area contributed by atoms with E-state index in [0.29, 0.717) is 23.8 Å². The van der Waals surface area contributed by atoms with Gasteiger partial charge >= 0.3 is 0 Å². The summed E-state index contributed by atoms with van der Waals surface area (Å²) >= 11 is 5.77. The number of hydrogen-bond donors (Lipinski definition) is 1. The fraction of sp³-hybridized carbons (Fsp3) is 0.250. The number of nitro groups is 1.